The quantitative estimate of drug-likeness (QED) is 0.496. The molecule has 0 heterocycles. The van der Waals surface area contributed by atoms with E-state index in [2.05, 4.69) is 28.8 Å². The van der Waals surface area contributed by atoms with Gasteiger partial charge in [-0.05, 0) is 32.4 Å². The van der Waals surface area contributed by atoms with Crippen LogP contribution in [0.1, 0.15) is 26.2 Å². The molecule has 1 rings (SSSR count). The number of aliphatic hydroxyl groups is 1. The van der Waals surface area contributed by atoms with Gasteiger partial charge in [-0.15, -0.1) is 0 Å². The highest BCUT2D eigenvalue weighted by Crippen LogP contribution is 2.27. The van der Waals surface area contributed by atoms with Crippen molar-refractivity contribution in [1.29, 1.82) is 0 Å². The van der Waals surface area contributed by atoms with Gasteiger partial charge in [-0.3, -0.25) is 4.99 Å². The molecule has 0 aromatic rings. The predicted molar refractivity (Wildman–Crippen MR) is 71.1 cm³/mol. The van der Waals surface area contributed by atoms with Crippen molar-refractivity contribution in [3.05, 3.63) is 0 Å². The number of hydrogen-bond acceptors (Lipinski definition) is 3. The van der Waals surface area contributed by atoms with Crippen molar-refractivity contribution in [2.24, 2.45) is 4.99 Å². The molecule has 0 aliphatic heterocycles. The van der Waals surface area contributed by atoms with Crippen LogP contribution in [-0.4, -0.2) is 48.3 Å². The Kier molecular flexibility index (Phi) is 6.64. The number of nitrogens with zero attached hydrogens (tertiary/aromatic N) is 1. The molecule has 0 aromatic carbocycles. The minimum atomic E-state index is 0.106. The van der Waals surface area contributed by atoms with Gasteiger partial charge in [-0.1, -0.05) is 0 Å². The molecule has 2 atom stereocenters. The van der Waals surface area contributed by atoms with Gasteiger partial charge in [0.25, 0.3) is 0 Å². The monoisotopic (exact) mass is 245 g/mol. The molecule has 0 saturated heterocycles. The minimum absolute atomic E-state index is 0.106. The van der Waals surface area contributed by atoms with E-state index in [4.69, 9.17) is 5.11 Å². The molecule has 4 nitrogen and oxygen atoms in total. The number of aliphatic hydroxyl groups excluding tert-OH is 1. The van der Waals surface area contributed by atoms with Crippen molar-refractivity contribution in [2.45, 2.75) is 37.5 Å². The Labute approximate surface area is 102 Å². The fourth-order valence-electron chi connectivity index (χ4n) is 1.96. The van der Waals surface area contributed by atoms with Crippen LogP contribution in [0.2, 0.25) is 0 Å². The number of thioether (sulfide) groups is 1. The second-order valence-electron chi connectivity index (χ2n) is 4.00. The molecule has 0 bridgehead atoms. The second kappa shape index (κ2) is 7.79. The summed E-state index contributed by atoms with van der Waals surface area (Å²) in [5.74, 6) is 0.836. The van der Waals surface area contributed by atoms with Gasteiger partial charge in [0.05, 0.1) is 13.2 Å². The van der Waals surface area contributed by atoms with Gasteiger partial charge in [0.2, 0.25) is 0 Å². The average molecular weight is 245 g/mol. The lowest BCUT2D eigenvalue weighted by Gasteiger charge is -2.16. The summed E-state index contributed by atoms with van der Waals surface area (Å²) >= 11 is 1.95. The van der Waals surface area contributed by atoms with Crippen LogP contribution in [-0.2, 0) is 0 Å². The van der Waals surface area contributed by atoms with E-state index in [9.17, 15) is 0 Å². The Morgan fingerprint density at radius 2 is 2.31 bits per heavy atom. The summed E-state index contributed by atoms with van der Waals surface area (Å²) in [5, 5.41) is 16.2. The Balaban J connectivity index is 2.37. The molecule has 1 fully saturated rings. The van der Waals surface area contributed by atoms with Crippen LogP contribution in [0.4, 0.5) is 0 Å². The molecule has 1 saturated carbocycles. The van der Waals surface area contributed by atoms with E-state index in [-0.39, 0.29) is 6.61 Å². The number of aliphatic imine (C=N–C) groups is 1. The maximum atomic E-state index is 8.76. The lowest BCUT2D eigenvalue weighted by Crippen LogP contribution is -2.42. The number of guanidine groups is 1. The molecule has 0 amide bonds. The zero-order valence-corrected chi connectivity index (χ0v) is 11.0. The van der Waals surface area contributed by atoms with Crippen molar-refractivity contribution in [2.75, 3.05) is 26.0 Å². The maximum absolute atomic E-state index is 8.76. The van der Waals surface area contributed by atoms with Gasteiger partial charge in [-0.2, -0.15) is 11.8 Å². The van der Waals surface area contributed by atoms with Crippen molar-refractivity contribution in [3.8, 4) is 0 Å². The lowest BCUT2D eigenvalue weighted by molar-refractivity contribution is 0.306. The topological polar surface area (TPSA) is 56.7 Å². The molecule has 0 aromatic heterocycles. The summed E-state index contributed by atoms with van der Waals surface area (Å²) in [6.45, 7) is 3.48. The SMILES string of the molecule is CCNC(=NCCO)NC1CCC(SC)C1. The molecule has 2 unspecified atom stereocenters. The highest BCUT2D eigenvalue weighted by atomic mass is 32.2. The molecular formula is C11H23N3OS. The van der Waals surface area contributed by atoms with Gasteiger partial charge in [0.15, 0.2) is 5.96 Å². The standard InChI is InChI=1S/C11H23N3OS/c1-3-12-11(13-6-7-15)14-9-4-5-10(8-9)16-2/h9-10,15H,3-8H2,1-2H3,(H2,12,13,14). The van der Waals surface area contributed by atoms with Gasteiger partial charge in [0.1, 0.15) is 0 Å². The molecule has 16 heavy (non-hydrogen) atoms. The summed E-state index contributed by atoms with van der Waals surface area (Å²) in [6.07, 6.45) is 5.90. The van der Waals surface area contributed by atoms with Crippen LogP contribution >= 0.6 is 11.8 Å². The Bertz CT molecular complexity index is 223. The second-order valence-corrected chi connectivity index (χ2v) is 5.13. The highest BCUT2D eigenvalue weighted by molar-refractivity contribution is 7.99. The van der Waals surface area contributed by atoms with Gasteiger partial charge < -0.3 is 15.7 Å². The van der Waals surface area contributed by atoms with Crippen LogP contribution in [0.5, 0.6) is 0 Å². The van der Waals surface area contributed by atoms with E-state index in [0.29, 0.717) is 12.6 Å². The van der Waals surface area contributed by atoms with Gasteiger partial charge >= 0.3 is 0 Å². The van der Waals surface area contributed by atoms with Crippen molar-refractivity contribution < 1.29 is 5.11 Å². The zero-order chi connectivity index (χ0) is 11.8. The third kappa shape index (κ3) is 4.61. The van der Waals surface area contributed by atoms with E-state index in [0.717, 1.165) is 17.8 Å². The maximum Gasteiger partial charge on any atom is 0.191 e. The van der Waals surface area contributed by atoms with Crippen molar-refractivity contribution in [1.82, 2.24) is 10.6 Å². The van der Waals surface area contributed by atoms with E-state index in [1.807, 2.05) is 11.8 Å². The number of hydrogen-bond donors (Lipinski definition) is 3. The summed E-state index contributed by atoms with van der Waals surface area (Å²) < 4.78 is 0. The molecule has 1 aliphatic carbocycles. The van der Waals surface area contributed by atoms with E-state index in [1.54, 1.807) is 0 Å². The zero-order valence-electron chi connectivity index (χ0n) is 10.2. The number of rotatable bonds is 5. The highest BCUT2D eigenvalue weighted by Gasteiger charge is 2.24. The lowest BCUT2D eigenvalue weighted by atomic mass is 10.2. The van der Waals surface area contributed by atoms with Crippen LogP contribution in [0, 0.1) is 0 Å². The van der Waals surface area contributed by atoms with E-state index >= 15 is 0 Å². The van der Waals surface area contributed by atoms with Crippen molar-refractivity contribution in [3.63, 3.8) is 0 Å². The average Bonchev–Trinajstić information content (AvgIpc) is 2.74. The summed E-state index contributed by atoms with van der Waals surface area (Å²) in [6, 6.07) is 0.536. The predicted octanol–water partition coefficient (Wildman–Crippen LogP) is 0.818. The summed E-state index contributed by atoms with van der Waals surface area (Å²) in [7, 11) is 0. The Morgan fingerprint density at radius 3 is 2.88 bits per heavy atom. The Hall–Kier alpha value is -0.420. The number of nitrogens with one attached hydrogen (secondary N) is 2. The first-order chi connectivity index (χ1) is 7.80. The molecule has 0 spiro atoms. The Morgan fingerprint density at radius 1 is 1.50 bits per heavy atom. The third-order valence-corrected chi connectivity index (χ3v) is 3.87. The van der Waals surface area contributed by atoms with Crippen molar-refractivity contribution >= 4 is 17.7 Å². The molecule has 1 aliphatic rings. The van der Waals surface area contributed by atoms with Crippen LogP contribution in [0.3, 0.4) is 0 Å². The normalized spacial score (nSPS) is 25.8. The first kappa shape index (κ1) is 13.6. The fourth-order valence-corrected chi connectivity index (χ4v) is 2.76. The smallest absolute Gasteiger partial charge is 0.191 e. The fraction of sp³-hybridized carbons (Fsp3) is 0.909. The van der Waals surface area contributed by atoms with Gasteiger partial charge in [-0.25, -0.2) is 0 Å². The molecule has 94 valence electrons. The third-order valence-electron chi connectivity index (χ3n) is 2.77. The largest absolute Gasteiger partial charge is 0.394 e. The van der Waals surface area contributed by atoms with Crippen LogP contribution in [0.25, 0.3) is 0 Å². The molecule has 5 heteroatoms. The summed E-state index contributed by atoms with van der Waals surface area (Å²) in [5.41, 5.74) is 0. The summed E-state index contributed by atoms with van der Waals surface area (Å²) in [4.78, 5) is 4.28. The van der Waals surface area contributed by atoms with E-state index < -0.39 is 0 Å². The first-order valence-corrected chi connectivity index (χ1v) is 7.27. The molecular weight excluding hydrogens is 222 g/mol. The van der Waals surface area contributed by atoms with E-state index in [1.165, 1.54) is 19.3 Å². The van der Waals surface area contributed by atoms with Crippen LogP contribution in [0.15, 0.2) is 4.99 Å². The minimum Gasteiger partial charge on any atom is -0.394 e. The first-order valence-electron chi connectivity index (χ1n) is 5.98. The molecule has 3 N–H and O–H groups in total. The van der Waals surface area contributed by atoms with Gasteiger partial charge in [0, 0.05) is 17.8 Å². The molecule has 0 radical (unpaired) electrons. The van der Waals surface area contributed by atoms with Crippen LogP contribution < -0.4 is 10.6 Å².